The summed E-state index contributed by atoms with van der Waals surface area (Å²) in [7, 11) is 0. The highest BCUT2D eigenvalue weighted by molar-refractivity contribution is 7.99. The molecule has 2 atom stereocenters. The van der Waals surface area contributed by atoms with Crippen LogP contribution in [0.3, 0.4) is 0 Å². The number of hydrogen-bond donors (Lipinski definition) is 1. The molecule has 0 radical (unpaired) electrons. The fourth-order valence-electron chi connectivity index (χ4n) is 4.51. The van der Waals surface area contributed by atoms with Gasteiger partial charge in [-0.05, 0) is 54.0 Å². The molecule has 0 amide bonds. The average Bonchev–Trinajstić information content (AvgIpc) is 2.69. The first-order chi connectivity index (χ1) is 13.4. The number of hydrogen-bond acceptors (Lipinski definition) is 2. The third-order valence-corrected chi connectivity index (χ3v) is 7.35. The Bertz CT molecular complexity index is 846. The van der Waals surface area contributed by atoms with Crippen LogP contribution >= 0.6 is 11.8 Å². The number of rotatable bonds is 4. The molecule has 2 aromatic rings. The number of nitrogens with one attached hydrogen (secondary N) is 1. The molecule has 0 bridgehead atoms. The molecule has 2 aromatic carbocycles. The van der Waals surface area contributed by atoms with E-state index in [9.17, 15) is 13.2 Å². The van der Waals surface area contributed by atoms with Crippen molar-refractivity contribution in [2.24, 2.45) is 11.8 Å². The van der Waals surface area contributed by atoms with Crippen LogP contribution in [-0.2, 0) is 12.6 Å². The smallest absolute Gasteiger partial charge is 0.384 e. The van der Waals surface area contributed by atoms with E-state index in [0.29, 0.717) is 18.0 Å². The summed E-state index contributed by atoms with van der Waals surface area (Å²) in [5.74, 6) is 1.31. The Morgan fingerprint density at radius 1 is 1.07 bits per heavy atom. The van der Waals surface area contributed by atoms with Crippen molar-refractivity contribution in [2.45, 2.75) is 61.4 Å². The molecule has 1 N–H and O–H groups in total. The second-order valence-corrected chi connectivity index (χ2v) is 9.16. The normalized spacial score (nSPS) is 21.7. The Kier molecular flexibility index (Phi) is 5.64. The van der Waals surface area contributed by atoms with Gasteiger partial charge in [-0.2, -0.15) is 13.2 Å². The Morgan fingerprint density at radius 3 is 2.64 bits per heavy atom. The first-order valence-corrected chi connectivity index (χ1v) is 11.0. The van der Waals surface area contributed by atoms with E-state index < -0.39 is 11.7 Å². The van der Waals surface area contributed by atoms with Crippen molar-refractivity contribution in [1.82, 2.24) is 0 Å². The minimum atomic E-state index is -4.33. The minimum absolute atomic E-state index is 0.549. The molecule has 150 valence electrons. The van der Waals surface area contributed by atoms with E-state index in [1.165, 1.54) is 61.6 Å². The van der Waals surface area contributed by atoms with Gasteiger partial charge in [-0.15, -0.1) is 0 Å². The van der Waals surface area contributed by atoms with Gasteiger partial charge in [-0.1, -0.05) is 56.1 Å². The van der Waals surface area contributed by atoms with E-state index >= 15 is 0 Å². The maximum atomic E-state index is 13.5. The van der Waals surface area contributed by atoms with Gasteiger partial charge in [0.1, 0.15) is 0 Å². The third kappa shape index (κ3) is 4.19. The van der Waals surface area contributed by atoms with E-state index in [2.05, 4.69) is 18.3 Å². The Hall–Kier alpha value is -1.62. The molecule has 0 saturated heterocycles. The maximum Gasteiger partial charge on any atom is 0.416 e. The summed E-state index contributed by atoms with van der Waals surface area (Å²) in [4.78, 5) is 1.78. The van der Waals surface area contributed by atoms with Gasteiger partial charge in [0.25, 0.3) is 0 Å². The van der Waals surface area contributed by atoms with E-state index in [0.717, 1.165) is 27.8 Å². The van der Waals surface area contributed by atoms with Crippen LogP contribution in [0, 0.1) is 11.8 Å². The summed E-state index contributed by atoms with van der Waals surface area (Å²) in [6.07, 6.45) is 2.42. The quantitative estimate of drug-likeness (QED) is 0.486. The highest BCUT2D eigenvalue weighted by atomic mass is 32.2. The standard InChI is InChI=1S/C23H26F3NS/c1-2-15-6-5-7-16(10-15)14-27-20-12-18(23(24,25)26)13-22-19(20)11-17-8-3-4-9-21(17)28-22/h3-4,8-9,12-13,15-16,27H,2,5-7,10-11,14H2,1H3/t15-,16-/m0/s1. The molecule has 1 nitrogen and oxygen atoms in total. The van der Waals surface area contributed by atoms with Crippen molar-refractivity contribution in [3.63, 3.8) is 0 Å². The van der Waals surface area contributed by atoms with E-state index in [4.69, 9.17) is 0 Å². The van der Waals surface area contributed by atoms with E-state index in [1.807, 2.05) is 18.2 Å². The zero-order chi connectivity index (χ0) is 19.7. The summed E-state index contributed by atoms with van der Waals surface area (Å²) < 4.78 is 40.5. The van der Waals surface area contributed by atoms with Gasteiger partial charge in [0.05, 0.1) is 5.56 Å². The zero-order valence-electron chi connectivity index (χ0n) is 16.1. The molecule has 1 heterocycles. The lowest BCUT2D eigenvalue weighted by Gasteiger charge is -2.30. The number of benzene rings is 2. The molecule has 4 rings (SSSR count). The SMILES string of the molecule is CC[C@H]1CCC[C@H](CNc2cc(C(F)(F)F)cc3c2Cc2ccccc2S3)C1. The molecule has 1 aliphatic carbocycles. The fourth-order valence-corrected chi connectivity index (χ4v) is 5.66. The van der Waals surface area contributed by atoms with Crippen molar-refractivity contribution in [2.75, 3.05) is 11.9 Å². The molecule has 1 aliphatic heterocycles. The Labute approximate surface area is 169 Å². The van der Waals surface area contributed by atoms with Crippen molar-refractivity contribution >= 4 is 17.4 Å². The molecule has 28 heavy (non-hydrogen) atoms. The van der Waals surface area contributed by atoms with Crippen molar-refractivity contribution < 1.29 is 13.2 Å². The number of fused-ring (bicyclic) bond motifs is 2. The van der Waals surface area contributed by atoms with Crippen LogP contribution in [0.25, 0.3) is 0 Å². The molecular formula is C23H26F3NS. The van der Waals surface area contributed by atoms with E-state index in [1.54, 1.807) is 0 Å². The van der Waals surface area contributed by atoms with Crippen LogP contribution in [0.1, 0.15) is 55.7 Å². The highest BCUT2D eigenvalue weighted by Crippen LogP contribution is 2.45. The summed E-state index contributed by atoms with van der Waals surface area (Å²) in [5, 5.41) is 3.42. The summed E-state index contributed by atoms with van der Waals surface area (Å²) in [5.41, 5.74) is 2.28. The van der Waals surface area contributed by atoms with Crippen molar-refractivity contribution in [3.05, 3.63) is 53.1 Å². The first kappa shape index (κ1) is 19.7. The maximum absolute atomic E-state index is 13.5. The lowest BCUT2D eigenvalue weighted by Crippen LogP contribution is -2.23. The Balaban J connectivity index is 1.61. The number of alkyl halides is 3. The second kappa shape index (κ2) is 8.02. The molecule has 2 aliphatic rings. The molecular weight excluding hydrogens is 379 g/mol. The lowest BCUT2D eigenvalue weighted by atomic mass is 9.80. The van der Waals surface area contributed by atoms with Gasteiger partial charge < -0.3 is 5.32 Å². The van der Waals surface area contributed by atoms with Gasteiger partial charge in [0.15, 0.2) is 0 Å². The Morgan fingerprint density at radius 2 is 1.86 bits per heavy atom. The van der Waals surface area contributed by atoms with Crippen molar-refractivity contribution in [1.29, 1.82) is 0 Å². The predicted octanol–water partition coefficient (Wildman–Crippen LogP) is 7.39. The first-order valence-electron chi connectivity index (χ1n) is 10.2. The second-order valence-electron chi connectivity index (χ2n) is 8.07. The zero-order valence-corrected chi connectivity index (χ0v) is 16.9. The molecule has 1 saturated carbocycles. The van der Waals surface area contributed by atoms with Crippen LogP contribution in [0.5, 0.6) is 0 Å². The van der Waals surface area contributed by atoms with Crippen molar-refractivity contribution in [3.8, 4) is 0 Å². The fraction of sp³-hybridized carbons (Fsp3) is 0.478. The predicted molar refractivity (Wildman–Crippen MR) is 109 cm³/mol. The molecule has 0 aromatic heterocycles. The van der Waals surface area contributed by atoms with Crippen LogP contribution in [0.4, 0.5) is 18.9 Å². The van der Waals surface area contributed by atoms with Gasteiger partial charge in [-0.3, -0.25) is 0 Å². The minimum Gasteiger partial charge on any atom is -0.384 e. The molecule has 5 heteroatoms. The van der Waals surface area contributed by atoms with Gasteiger partial charge in [0.2, 0.25) is 0 Å². The summed E-state index contributed by atoms with van der Waals surface area (Å²) >= 11 is 1.45. The largest absolute Gasteiger partial charge is 0.416 e. The summed E-state index contributed by atoms with van der Waals surface area (Å²) in [6, 6.07) is 10.6. The van der Waals surface area contributed by atoms with Crippen LogP contribution in [-0.4, -0.2) is 6.54 Å². The highest BCUT2D eigenvalue weighted by Gasteiger charge is 2.33. The monoisotopic (exact) mass is 405 g/mol. The number of halogens is 3. The van der Waals surface area contributed by atoms with Gasteiger partial charge >= 0.3 is 6.18 Å². The average molecular weight is 406 g/mol. The topological polar surface area (TPSA) is 12.0 Å². The van der Waals surface area contributed by atoms with Gasteiger partial charge in [0, 0.05) is 28.4 Å². The molecule has 0 unspecified atom stereocenters. The lowest BCUT2D eigenvalue weighted by molar-refractivity contribution is -0.137. The summed E-state index contributed by atoms with van der Waals surface area (Å²) in [6.45, 7) is 2.99. The van der Waals surface area contributed by atoms with Gasteiger partial charge in [-0.25, -0.2) is 0 Å². The van der Waals surface area contributed by atoms with E-state index in [-0.39, 0.29) is 0 Å². The third-order valence-electron chi connectivity index (χ3n) is 6.15. The van der Waals surface area contributed by atoms with Crippen LogP contribution in [0.15, 0.2) is 46.2 Å². The molecule has 1 fully saturated rings. The van der Waals surface area contributed by atoms with Crippen LogP contribution in [0.2, 0.25) is 0 Å². The number of anilines is 1. The van der Waals surface area contributed by atoms with Crippen LogP contribution < -0.4 is 5.32 Å². The molecule has 0 spiro atoms.